The van der Waals surface area contributed by atoms with Crippen molar-refractivity contribution >= 4 is 5.91 Å². The first-order valence-corrected chi connectivity index (χ1v) is 9.15. The fraction of sp³-hybridized carbons (Fsp3) is 0.650. The highest BCUT2D eigenvalue weighted by Gasteiger charge is 2.47. The number of carbonyl (C=O) groups excluding carboxylic acids is 1. The van der Waals surface area contributed by atoms with Crippen molar-refractivity contribution in [2.24, 2.45) is 11.3 Å². The zero-order valence-corrected chi connectivity index (χ0v) is 14.8. The second kappa shape index (κ2) is 7.24. The van der Waals surface area contributed by atoms with Crippen LogP contribution in [0.4, 0.5) is 0 Å². The van der Waals surface area contributed by atoms with Crippen LogP contribution in [-0.4, -0.2) is 36.9 Å². The van der Waals surface area contributed by atoms with Gasteiger partial charge in [-0.15, -0.1) is 0 Å². The van der Waals surface area contributed by atoms with Crippen LogP contribution in [0.5, 0.6) is 0 Å². The third-order valence-electron chi connectivity index (χ3n) is 5.68. The minimum Gasteiger partial charge on any atom is -0.396 e. The Balaban J connectivity index is 1.74. The lowest BCUT2D eigenvalue weighted by Gasteiger charge is -2.42. The van der Waals surface area contributed by atoms with Gasteiger partial charge >= 0.3 is 0 Å². The molecule has 1 aliphatic carbocycles. The van der Waals surface area contributed by atoms with E-state index in [1.165, 1.54) is 5.56 Å². The van der Waals surface area contributed by atoms with Crippen LogP contribution in [0.3, 0.4) is 0 Å². The van der Waals surface area contributed by atoms with Crippen molar-refractivity contribution in [2.75, 3.05) is 19.8 Å². The van der Waals surface area contributed by atoms with Crippen molar-refractivity contribution in [1.29, 1.82) is 0 Å². The minimum absolute atomic E-state index is 0.0264. The van der Waals surface area contributed by atoms with Crippen LogP contribution in [0.1, 0.15) is 61.4 Å². The average Bonchev–Trinajstić information content (AvgIpc) is 3.45. The zero-order valence-electron chi connectivity index (χ0n) is 14.8. The van der Waals surface area contributed by atoms with Crippen molar-refractivity contribution in [3.8, 4) is 0 Å². The van der Waals surface area contributed by atoms with Crippen LogP contribution in [0.2, 0.25) is 0 Å². The highest BCUT2D eigenvalue weighted by atomic mass is 16.5. The van der Waals surface area contributed by atoms with Crippen LogP contribution in [0.25, 0.3) is 0 Å². The molecule has 1 unspecified atom stereocenters. The number of rotatable bonds is 6. The largest absolute Gasteiger partial charge is 0.396 e. The Labute approximate surface area is 144 Å². The van der Waals surface area contributed by atoms with E-state index in [9.17, 15) is 9.90 Å². The van der Waals surface area contributed by atoms with E-state index in [4.69, 9.17) is 4.74 Å². The Bertz CT molecular complexity index is 557. The molecule has 3 rings (SSSR count). The number of benzene rings is 1. The molecule has 1 amide bonds. The molecular formula is C20H29NO3. The fourth-order valence-electron chi connectivity index (χ4n) is 3.79. The number of carbonyl (C=O) groups is 1. The Hall–Kier alpha value is -1.39. The summed E-state index contributed by atoms with van der Waals surface area (Å²) in [5, 5.41) is 13.3. The summed E-state index contributed by atoms with van der Waals surface area (Å²) in [5.74, 6) is 0.928. The fourth-order valence-corrected chi connectivity index (χ4v) is 3.79. The zero-order chi connectivity index (χ0) is 17.2. The van der Waals surface area contributed by atoms with Crippen LogP contribution in [-0.2, 0) is 4.74 Å². The predicted molar refractivity (Wildman–Crippen MR) is 94.1 cm³/mol. The molecule has 2 N–H and O–H groups in total. The highest BCUT2D eigenvalue weighted by Crippen LogP contribution is 2.45. The Morgan fingerprint density at radius 1 is 1.25 bits per heavy atom. The summed E-state index contributed by atoms with van der Waals surface area (Å²) < 4.78 is 5.48. The van der Waals surface area contributed by atoms with E-state index in [-0.39, 0.29) is 24.0 Å². The molecule has 1 aromatic carbocycles. The van der Waals surface area contributed by atoms with Gasteiger partial charge in [-0.05, 0) is 55.2 Å². The molecule has 4 nitrogen and oxygen atoms in total. The lowest BCUT2D eigenvalue weighted by Crippen LogP contribution is -2.53. The van der Waals surface area contributed by atoms with E-state index in [1.54, 1.807) is 0 Å². The van der Waals surface area contributed by atoms with Crippen molar-refractivity contribution < 1.29 is 14.6 Å². The number of amides is 1. The van der Waals surface area contributed by atoms with Gasteiger partial charge in [-0.2, -0.15) is 0 Å². The molecule has 1 aliphatic heterocycles. The summed E-state index contributed by atoms with van der Waals surface area (Å²) in [7, 11) is 0. The van der Waals surface area contributed by atoms with Gasteiger partial charge in [0.25, 0.3) is 5.91 Å². The summed E-state index contributed by atoms with van der Waals surface area (Å²) in [5.41, 5.74) is 1.71. The molecule has 0 radical (unpaired) electrons. The number of nitrogens with one attached hydrogen (secondary N) is 1. The summed E-state index contributed by atoms with van der Waals surface area (Å²) in [6.45, 7) is 5.75. The van der Waals surface area contributed by atoms with E-state index in [0.717, 1.165) is 25.7 Å². The van der Waals surface area contributed by atoms with Gasteiger partial charge in [0.2, 0.25) is 0 Å². The van der Waals surface area contributed by atoms with E-state index < -0.39 is 0 Å². The predicted octanol–water partition coefficient (Wildman–Crippen LogP) is 3.11. The number of aliphatic hydroxyl groups excluding tert-OH is 1. The Morgan fingerprint density at radius 2 is 1.88 bits per heavy atom. The molecule has 132 valence electrons. The molecule has 1 saturated heterocycles. The van der Waals surface area contributed by atoms with E-state index >= 15 is 0 Å². The molecule has 2 fully saturated rings. The van der Waals surface area contributed by atoms with Crippen LogP contribution < -0.4 is 5.32 Å². The topological polar surface area (TPSA) is 58.6 Å². The smallest absolute Gasteiger partial charge is 0.251 e. The SMILES string of the molecule is CC(C)c1ccc(C(=O)NC(C2CC2)C2(CO)CCOCC2)cc1. The lowest BCUT2D eigenvalue weighted by molar-refractivity contribution is -0.0403. The number of hydrogen-bond acceptors (Lipinski definition) is 3. The maximum absolute atomic E-state index is 12.7. The normalized spacial score (nSPS) is 21.5. The van der Waals surface area contributed by atoms with Crippen molar-refractivity contribution in [2.45, 2.75) is 51.5 Å². The first-order valence-electron chi connectivity index (χ1n) is 9.15. The van der Waals surface area contributed by atoms with Crippen LogP contribution >= 0.6 is 0 Å². The van der Waals surface area contributed by atoms with Gasteiger partial charge in [0.05, 0.1) is 6.61 Å². The van der Waals surface area contributed by atoms with Gasteiger partial charge in [-0.25, -0.2) is 0 Å². The molecule has 1 atom stereocenters. The molecule has 1 heterocycles. The number of hydrogen-bond donors (Lipinski definition) is 2. The highest BCUT2D eigenvalue weighted by molar-refractivity contribution is 5.94. The lowest BCUT2D eigenvalue weighted by atomic mass is 9.72. The summed E-state index contributed by atoms with van der Waals surface area (Å²) in [4.78, 5) is 12.7. The van der Waals surface area contributed by atoms with Crippen molar-refractivity contribution in [3.63, 3.8) is 0 Å². The first-order chi connectivity index (χ1) is 11.6. The maximum atomic E-state index is 12.7. The molecule has 1 aromatic rings. The Morgan fingerprint density at radius 3 is 2.38 bits per heavy atom. The van der Waals surface area contributed by atoms with Gasteiger partial charge < -0.3 is 15.2 Å². The second-order valence-electron chi connectivity index (χ2n) is 7.70. The second-order valence-corrected chi connectivity index (χ2v) is 7.70. The third-order valence-corrected chi connectivity index (χ3v) is 5.68. The molecule has 24 heavy (non-hydrogen) atoms. The average molecular weight is 331 g/mol. The van der Waals surface area contributed by atoms with Gasteiger partial charge in [0, 0.05) is 30.2 Å². The first kappa shape index (κ1) is 17.4. The Kier molecular flexibility index (Phi) is 5.26. The van der Waals surface area contributed by atoms with Crippen LogP contribution in [0, 0.1) is 11.3 Å². The standard InChI is InChI=1S/C20H29NO3/c1-14(2)15-3-7-17(8-4-15)19(23)21-18(16-5-6-16)20(13-22)9-11-24-12-10-20/h3-4,7-8,14,16,18,22H,5-6,9-13H2,1-2H3,(H,21,23). The monoisotopic (exact) mass is 331 g/mol. The van der Waals surface area contributed by atoms with Gasteiger partial charge in [0.15, 0.2) is 0 Å². The van der Waals surface area contributed by atoms with E-state index in [1.807, 2.05) is 24.3 Å². The number of ether oxygens (including phenoxy) is 1. The summed E-state index contributed by atoms with van der Waals surface area (Å²) in [6, 6.07) is 7.92. The van der Waals surface area contributed by atoms with E-state index in [2.05, 4.69) is 19.2 Å². The quantitative estimate of drug-likeness (QED) is 0.842. The van der Waals surface area contributed by atoms with Crippen molar-refractivity contribution in [1.82, 2.24) is 5.32 Å². The molecular weight excluding hydrogens is 302 g/mol. The van der Waals surface area contributed by atoms with Gasteiger partial charge in [-0.3, -0.25) is 4.79 Å². The minimum atomic E-state index is -0.229. The summed E-state index contributed by atoms with van der Waals surface area (Å²) >= 11 is 0. The molecule has 1 saturated carbocycles. The molecule has 0 bridgehead atoms. The molecule has 4 heteroatoms. The maximum Gasteiger partial charge on any atom is 0.251 e. The van der Waals surface area contributed by atoms with Gasteiger partial charge in [-0.1, -0.05) is 26.0 Å². The van der Waals surface area contributed by atoms with Gasteiger partial charge in [0.1, 0.15) is 0 Å². The third kappa shape index (κ3) is 3.65. The number of aliphatic hydroxyl groups is 1. The molecule has 0 aromatic heterocycles. The van der Waals surface area contributed by atoms with Crippen LogP contribution in [0.15, 0.2) is 24.3 Å². The molecule has 0 spiro atoms. The van der Waals surface area contributed by atoms with E-state index in [0.29, 0.717) is 30.6 Å². The molecule has 2 aliphatic rings. The summed E-state index contributed by atoms with van der Waals surface area (Å²) in [6.07, 6.45) is 3.91. The van der Waals surface area contributed by atoms with Crippen molar-refractivity contribution in [3.05, 3.63) is 35.4 Å².